The van der Waals surface area contributed by atoms with Gasteiger partial charge in [-0.3, -0.25) is 19.2 Å². The average molecular weight is 659 g/mol. The van der Waals surface area contributed by atoms with Crippen molar-refractivity contribution in [3.63, 3.8) is 0 Å². The molecular formula is C31H33F7N4O4. The SMILES string of the molecule is Cc1cc(F)ccc1C1CN(C(=O)C2CCCN(C(=O)C(N)=O)C2)CCC1C(=O)N(C)Cc1cc(C(F)(F)F)cc(C(F)(F)F)c1. The lowest BCUT2D eigenvalue weighted by molar-refractivity contribution is -0.149. The third-order valence-electron chi connectivity index (χ3n) is 8.59. The Bertz CT molecular complexity index is 1480. The minimum Gasteiger partial charge on any atom is -0.361 e. The first-order valence-electron chi connectivity index (χ1n) is 14.5. The molecule has 2 fully saturated rings. The Balaban J connectivity index is 1.59. The Morgan fingerprint density at radius 3 is 2.09 bits per heavy atom. The first-order chi connectivity index (χ1) is 21.4. The van der Waals surface area contributed by atoms with Gasteiger partial charge < -0.3 is 20.4 Å². The van der Waals surface area contributed by atoms with Gasteiger partial charge in [0.2, 0.25) is 11.8 Å². The van der Waals surface area contributed by atoms with Gasteiger partial charge in [-0.25, -0.2) is 4.39 Å². The molecule has 2 aromatic carbocycles. The van der Waals surface area contributed by atoms with Crippen molar-refractivity contribution in [3.05, 3.63) is 70.0 Å². The van der Waals surface area contributed by atoms with Crippen LogP contribution in [-0.4, -0.2) is 71.6 Å². The molecular weight excluding hydrogens is 625 g/mol. The van der Waals surface area contributed by atoms with Crippen molar-refractivity contribution in [1.29, 1.82) is 0 Å². The zero-order chi connectivity index (χ0) is 34.1. The number of likely N-dealkylation sites (tertiary alicyclic amines) is 2. The van der Waals surface area contributed by atoms with Gasteiger partial charge in [-0.15, -0.1) is 0 Å². The molecule has 2 saturated heterocycles. The summed E-state index contributed by atoms with van der Waals surface area (Å²) >= 11 is 0. The summed E-state index contributed by atoms with van der Waals surface area (Å²) in [5.41, 5.74) is 2.80. The fourth-order valence-corrected chi connectivity index (χ4v) is 6.34. The van der Waals surface area contributed by atoms with E-state index in [9.17, 15) is 49.9 Å². The predicted octanol–water partition coefficient (Wildman–Crippen LogP) is 4.49. The Hall–Kier alpha value is -4.17. The molecule has 2 N–H and O–H groups in total. The maximum Gasteiger partial charge on any atom is 0.416 e. The molecule has 4 amide bonds. The number of amides is 4. The lowest BCUT2D eigenvalue weighted by Crippen LogP contribution is -2.53. The first kappa shape index (κ1) is 34.7. The monoisotopic (exact) mass is 658 g/mol. The summed E-state index contributed by atoms with van der Waals surface area (Å²) in [7, 11) is 1.27. The maximum atomic E-state index is 14.0. The van der Waals surface area contributed by atoms with Gasteiger partial charge >= 0.3 is 24.2 Å². The van der Waals surface area contributed by atoms with Gasteiger partial charge in [0.1, 0.15) is 5.82 Å². The van der Waals surface area contributed by atoms with Crippen LogP contribution in [0, 0.1) is 24.6 Å². The number of alkyl halides is 6. The Morgan fingerprint density at radius 2 is 1.52 bits per heavy atom. The zero-order valence-corrected chi connectivity index (χ0v) is 25.1. The molecule has 8 nitrogen and oxygen atoms in total. The molecule has 46 heavy (non-hydrogen) atoms. The van der Waals surface area contributed by atoms with E-state index < -0.39 is 71.3 Å². The minimum absolute atomic E-state index is 0.0115. The highest BCUT2D eigenvalue weighted by molar-refractivity contribution is 6.34. The molecule has 3 unspecified atom stereocenters. The number of primary amides is 1. The van der Waals surface area contributed by atoms with Gasteiger partial charge in [0.25, 0.3) is 0 Å². The fourth-order valence-electron chi connectivity index (χ4n) is 6.34. The number of piperidine rings is 2. The lowest BCUT2D eigenvalue weighted by Gasteiger charge is -2.42. The number of nitrogens with two attached hydrogens (primary N) is 1. The maximum absolute atomic E-state index is 14.0. The molecule has 15 heteroatoms. The number of carbonyl (C=O) groups excluding carboxylic acids is 4. The summed E-state index contributed by atoms with van der Waals surface area (Å²) in [4.78, 5) is 54.8. The lowest BCUT2D eigenvalue weighted by atomic mass is 9.77. The number of aryl methyl sites for hydroxylation is 1. The molecule has 2 heterocycles. The summed E-state index contributed by atoms with van der Waals surface area (Å²) in [5.74, 6) is -5.60. The summed E-state index contributed by atoms with van der Waals surface area (Å²) in [6, 6.07) is 5.10. The molecule has 4 rings (SSSR count). The van der Waals surface area contributed by atoms with Gasteiger partial charge in [0.05, 0.1) is 17.0 Å². The molecule has 250 valence electrons. The van der Waals surface area contributed by atoms with Crippen LogP contribution in [0.3, 0.4) is 0 Å². The van der Waals surface area contributed by atoms with Crippen LogP contribution in [0.25, 0.3) is 0 Å². The van der Waals surface area contributed by atoms with E-state index in [2.05, 4.69) is 0 Å². The molecule has 2 aromatic rings. The van der Waals surface area contributed by atoms with E-state index in [4.69, 9.17) is 5.73 Å². The average Bonchev–Trinajstić information content (AvgIpc) is 2.98. The quantitative estimate of drug-likeness (QED) is 0.378. The van der Waals surface area contributed by atoms with Crippen molar-refractivity contribution < 1.29 is 49.9 Å². The molecule has 2 aliphatic heterocycles. The van der Waals surface area contributed by atoms with Crippen molar-refractivity contribution >= 4 is 23.6 Å². The van der Waals surface area contributed by atoms with Gasteiger partial charge in [-0.1, -0.05) is 6.07 Å². The summed E-state index contributed by atoms with van der Waals surface area (Å²) in [6.07, 6.45) is -9.10. The number of nitrogens with zero attached hydrogens (tertiary/aromatic N) is 3. The highest BCUT2D eigenvalue weighted by atomic mass is 19.4. The van der Waals surface area contributed by atoms with Crippen molar-refractivity contribution in [2.75, 3.05) is 33.2 Å². The zero-order valence-electron chi connectivity index (χ0n) is 25.1. The van der Waals surface area contributed by atoms with Gasteiger partial charge in [-0.2, -0.15) is 26.3 Å². The number of halogens is 7. The van der Waals surface area contributed by atoms with Crippen molar-refractivity contribution in [1.82, 2.24) is 14.7 Å². The highest BCUT2D eigenvalue weighted by Crippen LogP contribution is 2.39. The molecule has 3 atom stereocenters. The fraction of sp³-hybridized carbons (Fsp3) is 0.484. The highest BCUT2D eigenvalue weighted by Gasteiger charge is 2.42. The molecule has 0 aromatic heterocycles. The second-order valence-corrected chi connectivity index (χ2v) is 11.8. The topological polar surface area (TPSA) is 104 Å². The van der Waals surface area contributed by atoms with E-state index in [1.165, 1.54) is 35.0 Å². The van der Waals surface area contributed by atoms with Crippen LogP contribution < -0.4 is 5.73 Å². The molecule has 2 aliphatic rings. The van der Waals surface area contributed by atoms with Crippen LogP contribution in [0.5, 0.6) is 0 Å². The number of hydrogen-bond donors (Lipinski definition) is 1. The second-order valence-electron chi connectivity index (χ2n) is 11.8. The van der Waals surface area contributed by atoms with Crippen LogP contribution in [0.2, 0.25) is 0 Å². The predicted molar refractivity (Wildman–Crippen MR) is 150 cm³/mol. The molecule has 0 radical (unpaired) electrons. The van der Waals surface area contributed by atoms with Crippen LogP contribution in [0.15, 0.2) is 36.4 Å². The molecule has 0 aliphatic carbocycles. The summed E-state index contributed by atoms with van der Waals surface area (Å²) in [6.45, 7) is 1.44. The molecule has 0 spiro atoms. The molecule has 0 saturated carbocycles. The van der Waals surface area contributed by atoms with E-state index in [-0.39, 0.29) is 50.1 Å². The van der Waals surface area contributed by atoms with Crippen LogP contribution in [-0.2, 0) is 38.1 Å². The van der Waals surface area contributed by atoms with Crippen molar-refractivity contribution in [2.24, 2.45) is 17.6 Å². The van der Waals surface area contributed by atoms with E-state index in [1.807, 2.05) is 0 Å². The number of carbonyl (C=O) groups is 4. The van der Waals surface area contributed by atoms with Crippen LogP contribution in [0.1, 0.15) is 53.0 Å². The van der Waals surface area contributed by atoms with Gasteiger partial charge in [-0.05, 0) is 73.2 Å². The standard InChI is InChI=1S/C31H33F7N4O4/c1-17-10-22(32)5-6-23(17)25-16-42(27(44)19-4-3-8-41(15-19)29(46)26(39)43)9-7-24(25)28(45)40(2)14-18-11-20(30(33,34)35)13-21(12-18)31(36,37)38/h5-6,10-13,19,24-25H,3-4,7-9,14-16H2,1-2H3,(H2,39,43). The smallest absolute Gasteiger partial charge is 0.361 e. The third-order valence-corrected chi connectivity index (χ3v) is 8.59. The van der Waals surface area contributed by atoms with Gasteiger partial charge in [0.15, 0.2) is 0 Å². The van der Waals surface area contributed by atoms with E-state index in [0.717, 1.165) is 4.90 Å². The van der Waals surface area contributed by atoms with Crippen molar-refractivity contribution in [2.45, 2.75) is 51.0 Å². The molecule has 0 bridgehead atoms. The third kappa shape index (κ3) is 7.79. The van der Waals surface area contributed by atoms with Crippen molar-refractivity contribution in [3.8, 4) is 0 Å². The Morgan fingerprint density at radius 1 is 0.891 bits per heavy atom. The normalized spacial score (nSPS) is 20.8. The van der Waals surface area contributed by atoms with E-state index in [0.29, 0.717) is 36.1 Å². The number of hydrogen-bond acceptors (Lipinski definition) is 4. The Kier molecular flexibility index (Phi) is 10.0. The van der Waals surface area contributed by atoms with Crippen LogP contribution in [0.4, 0.5) is 30.7 Å². The van der Waals surface area contributed by atoms with Crippen LogP contribution >= 0.6 is 0 Å². The van der Waals surface area contributed by atoms with E-state index >= 15 is 0 Å². The second kappa shape index (κ2) is 13.3. The Labute approximate surface area is 260 Å². The first-order valence-corrected chi connectivity index (χ1v) is 14.5. The van der Waals surface area contributed by atoms with E-state index in [1.54, 1.807) is 6.92 Å². The number of benzene rings is 2. The summed E-state index contributed by atoms with van der Waals surface area (Å²) in [5, 5.41) is 0. The van der Waals surface area contributed by atoms with Gasteiger partial charge in [0, 0.05) is 51.6 Å². The minimum atomic E-state index is -5.05. The summed E-state index contributed by atoms with van der Waals surface area (Å²) < 4.78 is 94.5. The largest absolute Gasteiger partial charge is 0.416 e. The number of rotatable bonds is 5.